The van der Waals surface area contributed by atoms with Crippen molar-refractivity contribution in [2.24, 2.45) is 23.7 Å². The average Bonchev–Trinajstić information content (AvgIpc) is 3.52. The minimum absolute atomic E-state index is 0.143. The molecule has 0 spiro atoms. The highest BCUT2D eigenvalue weighted by Gasteiger charge is 2.40. The standard InChI is InChI=1S/C31H43N7O2S/c1-20(2)24(21(3)4)19-40-27-14-16-38(35-27)26-13-12-23-29(34-26)37-18-22(17-31(37,5)6)9-8-15-32-25-10-7-11-28(33-25)41-36-30(23)39/h7,10-14,16,20-22,24H,8-9,15,17-19H2,1-6H3,(H,32,33)(H,36,39). The van der Waals surface area contributed by atoms with Crippen molar-refractivity contribution in [3.8, 4) is 11.7 Å². The van der Waals surface area contributed by atoms with E-state index in [1.807, 2.05) is 42.6 Å². The molecule has 2 aliphatic heterocycles. The molecule has 1 fully saturated rings. The second-order valence-electron chi connectivity index (χ2n) is 12.6. The van der Waals surface area contributed by atoms with E-state index in [1.165, 1.54) is 11.9 Å². The van der Waals surface area contributed by atoms with E-state index in [9.17, 15) is 4.79 Å². The van der Waals surface area contributed by atoms with Crippen molar-refractivity contribution in [3.63, 3.8) is 0 Å². The summed E-state index contributed by atoms with van der Waals surface area (Å²) in [6, 6.07) is 11.4. The molecule has 9 nitrogen and oxygen atoms in total. The number of aromatic nitrogens is 4. The van der Waals surface area contributed by atoms with Crippen LogP contribution in [0, 0.1) is 23.7 Å². The van der Waals surface area contributed by atoms with Gasteiger partial charge in [-0.2, -0.15) is 0 Å². The molecule has 220 valence electrons. The van der Waals surface area contributed by atoms with Gasteiger partial charge in [0.25, 0.3) is 5.91 Å². The van der Waals surface area contributed by atoms with E-state index in [2.05, 4.69) is 66.6 Å². The molecule has 41 heavy (non-hydrogen) atoms. The fourth-order valence-corrected chi connectivity index (χ4v) is 6.68. The Morgan fingerprint density at radius 1 is 1.10 bits per heavy atom. The quantitative estimate of drug-likeness (QED) is 0.334. The van der Waals surface area contributed by atoms with Gasteiger partial charge in [-0.3, -0.25) is 9.52 Å². The molecule has 4 bridgehead atoms. The minimum atomic E-state index is -0.198. The molecule has 5 heterocycles. The highest BCUT2D eigenvalue weighted by molar-refractivity contribution is 7.97. The zero-order valence-corrected chi connectivity index (χ0v) is 25.9. The summed E-state index contributed by atoms with van der Waals surface area (Å²) in [6.45, 7) is 15.8. The molecule has 2 aliphatic rings. The monoisotopic (exact) mass is 577 g/mol. The maximum absolute atomic E-state index is 13.6. The largest absolute Gasteiger partial charge is 0.476 e. The summed E-state index contributed by atoms with van der Waals surface area (Å²) < 4.78 is 10.8. The molecular formula is C31H43N7O2S. The maximum atomic E-state index is 13.6. The van der Waals surface area contributed by atoms with Crippen LogP contribution in [0.1, 0.15) is 71.2 Å². The molecule has 0 saturated carbocycles. The third-order valence-electron chi connectivity index (χ3n) is 8.32. The van der Waals surface area contributed by atoms with Crippen LogP contribution >= 0.6 is 11.9 Å². The van der Waals surface area contributed by atoms with Crippen molar-refractivity contribution in [2.45, 2.75) is 71.4 Å². The summed E-state index contributed by atoms with van der Waals surface area (Å²) >= 11 is 1.22. The SMILES string of the molecule is CC(C)C(COc1ccn(-c2ccc3c(n2)N2CC(CCCNc4cccc(n4)SNC3=O)CC2(C)C)n1)C(C)C. The van der Waals surface area contributed by atoms with Gasteiger partial charge in [-0.15, -0.1) is 5.10 Å². The van der Waals surface area contributed by atoms with E-state index in [-0.39, 0.29) is 11.4 Å². The van der Waals surface area contributed by atoms with E-state index in [0.29, 0.717) is 53.4 Å². The van der Waals surface area contributed by atoms with E-state index in [1.54, 1.807) is 4.68 Å². The Morgan fingerprint density at radius 3 is 2.68 bits per heavy atom. The van der Waals surface area contributed by atoms with Crippen LogP contribution in [-0.4, -0.2) is 50.9 Å². The van der Waals surface area contributed by atoms with Gasteiger partial charge in [0.15, 0.2) is 5.82 Å². The fraction of sp³-hybridized carbons (Fsp3) is 0.548. The van der Waals surface area contributed by atoms with Crippen molar-refractivity contribution >= 4 is 29.5 Å². The Hall–Kier alpha value is -3.27. The highest BCUT2D eigenvalue weighted by Crippen LogP contribution is 2.40. The number of ether oxygens (including phenoxy) is 1. The lowest BCUT2D eigenvalue weighted by atomic mass is 9.86. The normalized spacial score (nSPS) is 19.0. The first-order chi connectivity index (χ1) is 19.6. The number of anilines is 2. The maximum Gasteiger partial charge on any atom is 0.265 e. The number of amides is 1. The highest BCUT2D eigenvalue weighted by atomic mass is 32.2. The topological polar surface area (TPSA) is 97.2 Å². The molecule has 1 amide bonds. The summed E-state index contributed by atoms with van der Waals surface area (Å²) in [7, 11) is 0. The predicted octanol–water partition coefficient (Wildman–Crippen LogP) is 6.22. The van der Waals surface area contributed by atoms with Gasteiger partial charge in [0.05, 0.1) is 12.2 Å². The van der Waals surface area contributed by atoms with Crippen molar-refractivity contribution in [2.75, 3.05) is 29.9 Å². The number of pyridine rings is 2. The lowest BCUT2D eigenvalue weighted by Gasteiger charge is -2.34. The molecular weight excluding hydrogens is 534 g/mol. The summed E-state index contributed by atoms with van der Waals surface area (Å²) in [5, 5.41) is 8.84. The van der Waals surface area contributed by atoms with Crippen molar-refractivity contribution < 1.29 is 9.53 Å². The van der Waals surface area contributed by atoms with Gasteiger partial charge >= 0.3 is 0 Å². The van der Waals surface area contributed by atoms with Gasteiger partial charge in [-0.1, -0.05) is 33.8 Å². The van der Waals surface area contributed by atoms with Crippen LogP contribution < -0.4 is 19.7 Å². The molecule has 1 atom stereocenters. The van der Waals surface area contributed by atoms with E-state index in [4.69, 9.17) is 9.72 Å². The Morgan fingerprint density at radius 2 is 1.90 bits per heavy atom. The molecule has 1 saturated heterocycles. The first-order valence-electron chi connectivity index (χ1n) is 14.8. The number of hydrogen-bond acceptors (Lipinski definition) is 8. The van der Waals surface area contributed by atoms with Gasteiger partial charge in [0.2, 0.25) is 5.88 Å². The molecule has 3 aromatic heterocycles. The Bertz CT molecular complexity index is 1350. The number of nitrogens with one attached hydrogen (secondary N) is 2. The lowest BCUT2D eigenvalue weighted by Crippen LogP contribution is -2.40. The third-order valence-corrected chi connectivity index (χ3v) is 9.05. The van der Waals surface area contributed by atoms with Crippen LogP contribution in [0.5, 0.6) is 5.88 Å². The molecule has 2 N–H and O–H groups in total. The number of hydrogen-bond donors (Lipinski definition) is 2. The Balaban J connectivity index is 1.44. The number of fused-ring (bicyclic) bond motifs is 6. The first kappa shape index (κ1) is 29.2. The number of nitrogens with zero attached hydrogens (tertiary/aromatic N) is 5. The smallest absolute Gasteiger partial charge is 0.265 e. The Labute approximate surface area is 248 Å². The van der Waals surface area contributed by atoms with Crippen molar-refractivity contribution in [1.29, 1.82) is 0 Å². The van der Waals surface area contributed by atoms with Gasteiger partial charge in [0.1, 0.15) is 16.7 Å². The number of rotatable bonds is 6. The number of carbonyl (C=O) groups is 1. The van der Waals surface area contributed by atoms with Crippen LogP contribution in [0.25, 0.3) is 5.82 Å². The van der Waals surface area contributed by atoms with Gasteiger partial charge in [-0.05, 0) is 81.0 Å². The first-order valence-corrected chi connectivity index (χ1v) is 15.6. The van der Waals surface area contributed by atoms with Crippen LogP contribution in [-0.2, 0) is 0 Å². The van der Waals surface area contributed by atoms with Crippen LogP contribution in [0.3, 0.4) is 0 Å². The molecule has 0 aromatic carbocycles. The molecule has 10 heteroatoms. The second-order valence-corrected chi connectivity index (χ2v) is 13.4. The van der Waals surface area contributed by atoms with Crippen LogP contribution in [0.15, 0.2) is 47.6 Å². The lowest BCUT2D eigenvalue weighted by molar-refractivity contribution is 0.0984. The van der Waals surface area contributed by atoms with E-state index >= 15 is 0 Å². The molecule has 1 unspecified atom stereocenters. The van der Waals surface area contributed by atoms with Gasteiger partial charge in [-0.25, -0.2) is 14.6 Å². The van der Waals surface area contributed by atoms with Gasteiger partial charge in [0, 0.05) is 42.8 Å². The predicted molar refractivity (Wildman–Crippen MR) is 165 cm³/mol. The molecule has 0 aliphatic carbocycles. The zero-order chi connectivity index (χ0) is 29.1. The van der Waals surface area contributed by atoms with Gasteiger partial charge < -0.3 is 15.0 Å². The summed E-state index contributed by atoms with van der Waals surface area (Å²) in [6.07, 6.45) is 5.05. The van der Waals surface area contributed by atoms with Crippen molar-refractivity contribution in [1.82, 2.24) is 24.5 Å². The summed E-state index contributed by atoms with van der Waals surface area (Å²) in [5.74, 6) is 4.55. The fourth-order valence-electron chi connectivity index (χ4n) is 6.08. The third kappa shape index (κ3) is 6.80. The van der Waals surface area contributed by atoms with Crippen molar-refractivity contribution in [3.05, 3.63) is 48.2 Å². The van der Waals surface area contributed by atoms with Crippen LogP contribution in [0.4, 0.5) is 11.6 Å². The minimum Gasteiger partial charge on any atom is -0.476 e. The zero-order valence-electron chi connectivity index (χ0n) is 25.1. The molecule has 0 radical (unpaired) electrons. The molecule has 3 aromatic rings. The van der Waals surface area contributed by atoms with E-state index in [0.717, 1.165) is 43.2 Å². The Kier molecular flexibility index (Phi) is 8.77. The summed E-state index contributed by atoms with van der Waals surface area (Å²) in [4.78, 5) is 25.6. The summed E-state index contributed by atoms with van der Waals surface area (Å²) in [5.41, 5.74) is 0.398. The van der Waals surface area contributed by atoms with E-state index < -0.39 is 0 Å². The average molecular weight is 578 g/mol. The molecule has 5 rings (SSSR count). The number of carbonyl (C=O) groups excluding carboxylic acids is 1. The van der Waals surface area contributed by atoms with Crippen LogP contribution in [0.2, 0.25) is 0 Å². The second kappa shape index (κ2) is 12.3.